The van der Waals surface area contributed by atoms with Crippen LogP contribution in [0.4, 0.5) is 0 Å². The summed E-state index contributed by atoms with van der Waals surface area (Å²) in [6, 6.07) is 19.4. The Morgan fingerprint density at radius 1 is 1.00 bits per heavy atom. The van der Waals surface area contributed by atoms with Crippen LogP contribution in [-0.2, 0) is 11.4 Å². The average Bonchev–Trinajstić information content (AvgIpc) is 2.87. The number of hydrogen-bond acceptors (Lipinski definition) is 5. The highest BCUT2D eigenvalue weighted by molar-refractivity contribution is 6.33. The summed E-state index contributed by atoms with van der Waals surface area (Å²) in [6.45, 7) is 8.50. The molecule has 3 rings (SSSR count). The van der Waals surface area contributed by atoms with Gasteiger partial charge in [0.05, 0.1) is 23.4 Å². The van der Waals surface area contributed by atoms with Gasteiger partial charge in [0.25, 0.3) is 11.8 Å². The minimum atomic E-state index is -0.794. The van der Waals surface area contributed by atoms with Gasteiger partial charge in [-0.25, -0.2) is 5.43 Å². The van der Waals surface area contributed by atoms with Gasteiger partial charge in [-0.05, 0) is 61.2 Å². The minimum absolute atomic E-state index is 0.170. The molecule has 0 aromatic heterocycles. The molecule has 37 heavy (non-hydrogen) atoms. The van der Waals surface area contributed by atoms with Crippen LogP contribution in [-0.4, -0.2) is 30.7 Å². The van der Waals surface area contributed by atoms with Crippen molar-refractivity contribution in [3.05, 3.63) is 94.0 Å². The molecule has 7 nitrogen and oxygen atoms in total. The van der Waals surface area contributed by atoms with Crippen molar-refractivity contribution in [1.29, 1.82) is 0 Å². The first kappa shape index (κ1) is 27.7. The number of ether oxygens (including phenoxy) is 2. The Bertz CT molecular complexity index is 1260. The molecule has 0 aliphatic heterocycles. The van der Waals surface area contributed by atoms with Crippen LogP contribution in [0.3, 0.4) is 0 Å². The maximum atomic E-state index is 12.8. The predicted molar refractivity (Wildman–Crippen MR) is 146 cm³/mol. The van der Waals surface area contributed by atoms with Crippen LogP contribution >= 0.6 is 11.6 Å². The summed E-state index contributed by atoms with van der Waals surface area (Å²) >= 11 is 6.11. The van der Waals surface area contributed by atoms with Crippen LogP contribution in [0, 0.1) is 12.8 Å². The first-order valence-electron chi connectivity index (χ1n) is 12.1. The van der Waals surface area contributed by atoms with Crippen molar-refractivity contribution in [2.24, 2.45) is 11.0 Å². The smallest absolute Gasteiger partial charge is 0.262 e. The summed E-state index contributed by atoms with van der Waals surface area (Å²) in [7, 11) is 0. The molecule has 0 spiro atoms. The van der Waals surface area contributed by atoms with E-state index in [1.165, 1.54) is 11.8 Å². The van der Waals surface area contributed by atoms with Gasteiger partial charge in [0, 0.05) is 0 Å². The number of halogens is 1. The fourth-order valence-electron chi connectivity index (χ4n) is 3.59. The normalized spacial score (nSPS) is 11.8. The van der Waals surface area contributed by atoms with E-state index in [0.717, 1.165) is 5.56 Å². The van der Waals surface area contributed by atoms with E-state index in [4.69, 9.17) is 21.1 Å². The van der Waals surface area contributed by atoms with Crippen molar-refractivity contribution in [2.45, 2.75) is 40.3 Å². The number of hydrogen-bond donors (Lipinski definition) is 2. The molecule has 2 amide bonds. The van der Waals surface area contributed by atoms with E-state index >= 15 is 0 Å². The second-order valence-electron chi connectivity index (χ2n) is 8.83. The summed E-state index contributed by atoms with van der Waals surface area (Å²) in [6.07, 6.45) is 1.51. The van der Waals surface area contributed by atoms with Gasteiger partial charge in [0.15, 0.2) is 11.5 Å². The highest BCUT2D eigenvalue weighted by atomic mass is 35.5. The largest absolute Gasteiger partial charge is 0.490 e. The highest BCUT2D eigenvalue weighted by Crippen LogP contribution is 2.29. The molecule has 3 aromatic rings. The fourth-order valence-corrected chi connectivity index (χ4v) is 3.82. The van der Waals surface area contributed by atoms with Gasteiger partial charge in [0.2, 0.25) is 0 Å². The number of hydrazone groups is 1. The van der Waals surface area contributed by atoms with Crippen LogP contribution in [0.5, 0.6) is 11.5 Å². The predicted octanol–water partition coefficient (Wildman–Crippen LogP) is 5.53. The molecule has 1 unspecified atom stereocenters. The second kappa shape index (κ2) is 13.5. The molecule has 3 aromatic carbocycles. The summed E-state index contributed by atoms with van der Waals surface area (Å²) in [5.41, 5.74) is 5.77. The Hall–Kier alpha value is -3.84. The maximum Gasteiger partial charge on any atom is 0.262 e. The molecule has 8 heteroatoms. The summed E-state index contributed by atoms with van der Waals surface area (Å²) in [5, 5.41) is 7.14. The third-order valence-corrected chi connectivity index (χ3v) is 5.82. The van der Waals surface area contributed by atoms with Crippen LogP contribution in [0.25, 0.3) is 0 Å². The molecule has 2 N–H and O–H groups in total. The van der Waals surface area contributed by atoms with E-state index in [2.05, 4.69) is 21.9 Å². The number of carbonyl (C=O) groups is 2. The van der Waals surface area contributed by atoms with Gasteiger partial charge < -0.3 is 14.8 Å². The van der Waals surface area contributed by atoms with Crippen molar-refractivity contribution in [1.82, 2.24) is 10.7 Å². The molecular weight excluding hydrogens is 490 g/mol. The van der Waals surface area contributed by atoms with Gasteiger partial charge in [-0.2, -0.15) is 5.10 Å². The zero-order chi connectivity index (χ0) is 26.8. The van der Waals surface area contributed by atoms with Gasteiger partial charge in [-0.3, -0.25) is 9.59 Å². The number of nitrogens with one attached hydrogen (secondary N) is 2. The highest BCUT2D eigenvalue weighted by Gasteiger charge is 2.25. The Balaban J connectivity index is 1.64. The lowest BCUT2D eigenvalue weighted by atomic mass is 10.0. The SMILES string of the molecule is CCOc1cc(/C=N\NC(=O)C(NC(=O)c2ccccc2Cl)C(C)C)ccc1OCc1cccc(C)c1. The van der Waals surface area contributed by atoms with E-state index in [9.17, 15) is 9.59 Å². The summed E-state index contributed by atoms with van der Waals surface area (Å²) in [5.74, 6) is 0.168. The Morgan fingerprint density at radius 2 is 1.78 bits per heavy atom. The average molecular weight is 522 g/mol. The van der Waals surface area contributed by atoms with E-state index in [1.807, 2.05) is 58.0 Å². The van der Waals surface area contributed by atoms with Gasteiger partial charge in [-0.1, -0.05) is 67.4 Å². The molecule has 0 fully saturated rings. The van der Waals surface area contributed by atoms with Gasteiger partial charge in [0.1, 0.15) is 12.6 Å². The van der Waals surface area contributed by atoms with E-state index < -0.39 is 17.9 Å². The van der Waals surface area contributed by atoms with Gasteiger partial charge >= 0.3 is 0 Å². The molecule has 0 aliphatic carbocycles. The van der Waals surface area contributed by atoms with E-state index in [1.54, 1.807) is 30.3 Å². The lowest BCUT2D eigenvalue weighted by molar-refractivity contribution is -0.123. The fraction of sp³-hybridized carbons (Fsp3) is 0.276. The number of benzene rings is 3. The van der Waals surface area contributed by atoms with Crippen molar-refractivity contribution >= 4 is 29.6 Å². The number of aryl methyl sites for hydroxylation is 1. The summed E-state index contributed by atoms with van der Waals surface area (Å²) < 4.78 is 11.7. The monoisotopic (exact) mass is 521 g/mol. The Morgan fingerprint density at radius 3 is 2.49 bits per heavy atom. The van der Waals surface area contributed by atoms with Crippen molar-refractivity contribution in [2.75, 3.05) is 6.61 Å². The second-order valence-corrected chi connectivity index (χ2v) is 9.23. The molecule has 1 atom stereocenters. The number of carbonyl (C=O) groups excluding carboxylic acids is 2. The van der Waals surface area contributed by atoms with Crippen molar-refractivity contribution in [3.63, 3.8) is 0 Å². The zero-order valence-corrected chi connectivity index (χ0v) is 22.2. The molecular formula is C29H32ClN3O4. The topological polar surface area (TPSA) is 89.0 Å². The third-order valence-electron chi connectivity index (χ3n) is 5.49. The minimum Gasteiger partial charge on any atom is -0.490 e. The third kappa shape index (κ3) is 8.08. The van der Waals surface area contributed by atoms with Gasteiger partial charge in [-0.15, -0.1) is 0 Å². The molecule has 0 bridgehead atoms. The molecule has 0 heterocycles. The first-order valence-corrected chi connectivity index (χ1v) is 12.5. The molecule has 194 valence electrons. The van der Waals surface area contributed by atoms with E-state index in [-0.39, 0.29) is 5.92 Å². The van der Waals surface area contributed by atoms with Crippen LogP contribution in [0.15, 0.2) is 71.8 Å². The standard InChI is InChI=1S/C29H32ClN3O4/c1-5-36-26-16-21(13-14-25(26)37-18-22-10-8-9-20(4)15-22)17-31-33-29(35)27(19(2)3)32-28(34)23-11-6-7-12-24(23)30/h6-17,19,27H,5,18H2,1-4H3,(H,32,34)(H,33,35)/b31-17-. The van der Waals surface area contributed by atoms with Crippen LogP contribution in [0.1, 0.15) is 47.8 Å². The summed E-state index contributed by atoms with van der Waals surface area (Å²) in [4.78, 5) is 25.4. The molecule has 0 saturated heterocycles. The van der Waals surface area contributed by atoms with E-state index in [0.29, 0.717) is 40.9 Å². The van der Waals surface area contributed by atoms with Crippen molar-refractivity contribution < 1.29 is 19.1 Å². The molecule has 0 radical (unpaired) electrons. The maximum absolute atomic E-state index is 12.8. The Labute approximate surface area is 222 Å². The van der Waals surface area contributed by atoms with Crippen molar-refractivity contribution in [3.8, 4) is 11.5 Å². The Kier molecular flexibility index (Phi) is 10.1. The number of nitrogens with zero attached hydrogens (tertiary/aromatic N) is 1. The zero-order valence-electron chi connectivity index (χ0n) is 21.5. The van der Waals surface area contributed by atoms with Crippen LogP contribution < -0.4 is 20.2 Å². The lowest BCUT2D eigenvalue weighted by Gasteiger charge is -2.20. The lowest BCUT2D eigenvalue weighted by Crippen LogP contribution is -2.48. The quantitative estimate of drug-likeness (QED) is 0.256. The molecule has 0 aliphatic rings. The first-order chi connectivity index (χ1) is 17.8. The van der Waals surface area contributed by atoms with Crippen LogP contribution in [0.2, 0.25) is 5.02 Å². The number of amides is 2. The number of rotatable bonds is 11. The molecule has 0 saturated carbocycles.